The first-order chi connectivity index (χ1) is 18.8. The Balaban J connectivity index is 0.000000810. The molecule has 0 aliphatic heterocycles. The number of hydrogen-bond donors (Lipinski definition) is 5. The van der Waals surface area contributed by atoms with Gasteiger partial charge < -0.3 is 20.7 Å². The van der Waals surface area contributed by atoms with Crippen molar-refractivity contribution in [2.75, 3.05) is 23.0 Å². The Morgan fingerprint density at radius 1 is 1.10 bits per heavy atom. The van der Waals surface area contributed by atoms with Crippen LogP contribution in [0.2, 0.25) is 0 Å². The van der Waals surface area contributed by atoms with Gasteiger partial charge in [-0.25, -0.2) is 9.97 Å². The minimum atomic E-state index is -3.67. The molecule has 14 heteroatoms. The van der Waals surface area contributed by atoms with Gasteiger partial charge in [0.05, 0.1) is 30.3 Å². The van der Waals surface area contributed by atoms with E-state index in [-0.39, 0.29) is 24.7 Å². The molecule has 40 heavy (non-hydrogen) atoms. The number of carboxylic acid groups (broad SMARTS) is 1. The largest absolute Gasteiger partial charge is 0.481 e. The predicted molar refractivity (Wildman–Crippen MR) is 151 cm³/mol. The smallest absolute Gasteiger partial charge is 0.305 e. The molecular weight excluding hydrogens is 538 g/mol. The predicted octanol–water partition coefficient (Wildman–Crippen LogP) is 2.49. The van der Waals surface area contributed by atoms with Gasteiger partial charge in [-0.05, 0) is 54.6 Å². The molecule has 0 saturated carbocycles. The Hall–Kier alpha value is -4.82. The van der Waals surface area contributed by atoms with Crippen LogP contribution in [-0.4, -0.2) is 63.1 Å². The molecule has 210 valence electrons. The molecule has 2 aromatic heterocycles. The van der Waals surface area contributed by atoms with Crippen molar-refractivity contribution in [3.05, 3.63) is 83.8 Å². The molecule has 4 rings (SSSR count). The second kappa shape index (κ2) is 12.8. The number of carbonyl (C=O) groups excluding carboxylic acids is 1. The van der Waals surface area contributed by atoms with Gasteiger partial charge in [0.1, 0.15) is 17.5 Å². The van der Waals surface area contributed by atoms with Gasteiger partial charge >= 0.3 is 5.97 Å². The molecule has 0 fully saturated rings. The maximum absolute atomic E-state index is 13.3. The lowest BCUT2D eigenvalue weighted by atomic mass is 10.1. The Labute approximate surface area is 230 Å². The maximum atomic E-state index is 13.3. The normalized spacial score (nSPS) is 10.9. The Morgan fingerprint density at radius 3 is 2.33 bits per heavy atom. The summed E-state index contributed by atoms with van der Waals surface area (Å²) in [4.78, 5) is 34.7. The lowest BCUT2D eigenvalue weighted by Crippen LogP contribution is -2.33. The number of nitrogens with one attached hydrogen (secondary N) is 2. The number of nitrogens with zero attached hydrogens (tertiary/aromatic N) is 4. The van der Waals surface area contributed by atoms with E-state index in [2.05, 4.69) is 15.3 Å². The summed E-state index contributed by atoms with van der Waals surface area (Å²) in [6.45, 7) is 0.454. The fourth-order valence-electron chi connectivity index (χ4n) is 3.69. The topological polar surface area (TPSA) is 205 Å². The zero-order chi connectivity index (χ0) is 29.4. The molecule has 13 nitrogen and oxygen atoms in total. The number of carboxylic acids is 1. The van der Waals surface area contributed by atoms with Crippen LogP contribution in [0.1, 0.15) is 28.2 Å². The highest BCUT2D eigenvalue weighted by atomic mass is 32.2. The number of amidine groups is 1. The van der Waals surface area contributed by atoms with Crippen molar-refractivity contribution in [3.8, 4) is 0 Å². The molecule has 0 aliphatic carbocycles. The second-order valence-electron chi connectivity index (χ2n) is 8.66. The van der Waals surface area contributed by atoms with Crippen LogP contribution >= 0.6 is 0 Å². The van der Waals surface area contributed by atoms with Crippen molar-refractivity contribution >= 4 is 50.4 Å². The number of anilines is 2. The van der Waals surface area contributed by atoms with Crippen molar-refractivity contribution in [3.63, 3.8) is 0 Å². The zero-order valence-corrected chi connectivity index (χ0v) is 22.6. The molecule has 4 aromatic rings. The maximum Gasteiger partial charge on any atom is 0.305 e. The van der Waals surface area contributed by atoms with Gasteiger partial charge in [-0.15, -0.1) is 0 Å². The fourth-order valence-corrected chi connectivity index (χ4v) is 3.69. The molecular formula is C26H29N7O6S. The van der Waals surface area contributed by atoms with E-state index < -0.39 is 16.1 Å². The van der Waals surface area contributed by atoms with Gasteiger partial charge in [0.15, 0.2) is 0 Å². The summed E-state index contributed by atoms with van der Waals surface area (Å²) in [5.41, 5.74) is 8.92. The van der Waals surface area contributed by atoms with Gasteiger partial charge in [-0.1, -0.05) is 6.07 Å². The molecule has 0 unspecified atom stereocenters. The number of imidazole rings is 1. The molecule has 2 heterocycles. The van der Waals surface area contributed by atoms with Crippen molar-refractivity contribution in [2.45, 2.75) is 13.0 Å². The van der Waals surface area contributed by atoms with E-state index in [1.165, 1.54) is 4.90 Å². The number of nitrogen functional groups attached to an aromatic ring is 1. The lowest BCUT2D eigenvalue weighted by Gasteiger charge is -2.21. The summed E-state index contributed by atoms with van der Waals surface area (Å²) < 4.78 is 27.8. The van der Waals surface area contributed by atoms with Gasteiger partial charge in [-0.3, -0.25) is 24.5 Å². The molecule has 0 aliphatic rings. The second-order valence-corrected chi connectivity index (χ2v) is 10.1. The number of pyridine rings is 1. The van der Waals surface area contributed by atoms with Gasteiger partial charge in [-0.2, -0.15) is 8.42 Å². The molecule has 0 saturated heterocycles. The molecule has 0 spiro atoms. The third kappa shape index (κ3) is 8.34. The van der Waals surface area contributed by atoms with E-state index in [1.54, 1.807) is 48.7 Å². The minimum absolute atomic E-state index is 0.00300. The van der Waals surface area contributed by atoms with Crippen LogP contribution in [0.25, 0.3) is 11.0 Å². The summed E-state index contributed by atoms with van der Waals surface area (Å²) in [5.74, 6) is -0.162. The van der Waals surface area contributed by atoms with Crippen LogP contribution in [0.4, 0.5) is 11.5 Å². The van der Waals surface area contributed by atoms with Crippen molar-refractivity contribution in [1.82, 2.24) is 14.5 Å². The Bertz CT molecular complexity index is 1610. The summed E-state index contributed by atoms with van der Waals surface area (Å²) in [7, 11) is -1.76. The van der Waals surface area contributed by atoms with Crippen LogP contribution in [0, 0.1) is 5.41 Å². The van der Waals surface area contributed by atoms with E-state index in [0.717, 1.165) is 17.0 Å². The number of aryl methyl sites for hydroxylation is 1. The third-order valence-corrected chi connectivity index (χ3v) is 5.59. The van der Waals surface area contributed by atoms with Gasteiger partial charge in [0.25, 0.3) is 16.0 Å². The van der Waals surface area contributed by atoms with E-state index >= 15 is 0 Å². The number of nitrogens with two attached hydrogens (primary N) is 1. The first kappa shape index (κ1) is 29.7. The first-order valence-electron chi connectivity index (χ1n) is 11.8. The minimum Gasteiger partial charge on any atom is -0.481 e. The van der Waals surface area contributed by atoms with Crippen LogP contribution in [0.5, 0.6) is 0 Å². The zero-order valence-electron chi connectivity index (χ0n) is 21.8. The number of rotatable bonds is 9. The monoisotopic (exact) mass is 567 g/mol. The quantitative estimate of drug-likeness (QED) is 0.113. The number of hydrogen-bond acceptors (Lipinski definition) is 8. The summed E-state index contributed by atoms with van der Waals surface area (Å²) in [5, 5.41) is 19.9. The number of aromatic nitrogens is 3. The number of aliphatic carboxylic acids is 1. The SMILES string of the molecule is CS(=O)(=O)O.Cn1c(CNc2ccc(C(=N)N)cc2)nc2cc(C(=O)N(CCC(=O)O)c3ccccn3)ccc21. The van der Waals surface area contributed by atoms with Gasteiger partial charge in [0, 0.05) is 36.6 Å². The molecule has 0 atom stereocenters. The van der Waals surface area contributed by atoms with Crippen LogP contribution < -0.4 is 16.0 Å². The third-order valence-electron chi connectivity index (χ3n) is 5.59. The molecule has 1 amide bonds. The Kier molecular flexibility index (Phi) is 9.53. The molecule has 0 radical (unpaired) electrons. The van der Waals surface area contributed by atoms with Gasteiger partial charge in [0.2, 0.25) is 0 Å². The number of carbonyl (C=O) groups is 2. The highest BCUT2D eigenvalue weighted by molar-refractivity contribution is 7.85. The number of fused-ring (bicyclic) bond motifs is 1. The summed E-state index contributed by atoms with van der Waals surface area (Å²) >= 11 is 0. The van der Waals surface area contributed by atoms with E-state index in [1.807, 2.05) is 29.8 Å². The highest BCUT2D eigenvalue weighted by Gasteiger charge is 2.21. The standard InChI is InChI=1S/C25H25N7O3.CH4O3S/c1-31-20-10-7-17(25(35)32(13-11-23(33)34)21-4-2-3-12-28-21)14-19(20)30-22(31)15-29-18-8-5-16(6-9-18)24(26)27;1-5(2,3)4/h2-10,12,14,29H,11,13,15H2,1H3,(H3,26,27)(H,33,34);1H3,(H,2,3,4). The molecule has 6 N–H and O–H groups in total. The molecule has 2 aromatic carbocycles. The van der Waals surface area contributed by atoms with E-state index in [9.17, 15) is 18.0 Å². The van der Waals surface area contributed by atoms with E-state index in [0.29, 0.717) is 35.3 Å². The average Bonchev–Trinajstić information content (AvgIpc) is 3.21. The summed E-state index contributed by atoms with van der Waals surface area (Å²) in [6, 6.07) is 17.6. The number of benzene rings is 2. The van der Waals surface area contributed by atoms with Crippen LogP contribution in [0.3, 0.4) is 0 Å². The van der Waals surface area contributed by atoms with E-state index in [4.69, 9.17) is 20.8 Å². The summed E-state index contributed by atoms with van der Waals surface area (Å²) in [6.07, 6.45) is 2.08. The van der Waals surface area contributed by atoms with Crippen molar-refractivity contribution in [2.24, 2.45) is 12.8 Å². The first-order valence-corrected chi connectivity index (χ1v) is 13.7. The average molecular weight is 568 g/mol. The highest BCUT2D eigenvalue weighted by Crippen LogP contribution is 2.21. The van der Waals surface area contributed by atoms with Crippen molar-refractivity contribution < 1.29 is 27.7 Å². The Morgan fingerprint density at radius 2 is 1.75 bits per heavy atom. The number of amides is 1. The van der Waals surface area contributed by atoms with Crippen LogP contribution in [-0.2, 0) is 28.5 Å². The molecule has 0 bridgehead atoms. The fraction of sp³-hybridized carbons (Fsp3) is 0.192. The van der Waals surface area contributed by atoms with Crippen LogP contribution in [0.15, 0.2) is 66.9 Å². The van der Waals surface area contributed by atoms with Crippen molar-refractivity contribution in [1.29, 1.82) is 5.41 Å². The lowest BCUT2D eigenvalue weighted by molar-refractivity contribution is -0.136.